The van der Waals surface area contributed by atoms with Gasteiger partial charge in [-0.1, -0.05) is 0 Å². The Morgan fingerprint density at radius 2 is 2.07 bits per heavy atom. The number of nitrogens with zero attached hydrogens (tertiary/aromatic N) is 1. The molecule has 88 valence electrons. The zero-order valence-electron chi connectivity index (χ0n) is 9.58. The summed E-state index contributed by atoms with van der Waals surface area (Å²) in [6, 6.07) is 0.717. The third-order valence-electron chi connectivity index (χ3n) is 3.39. The zero-order valence-corrected chi connectivity index (χ0v) is 10.4. The molecule has 0 aromatic rings. The molecule has 0 radical (unpaired) electrons. The van der Waals surface area contributed by atoms with Crippen molar-refractivity contribution in [3.05, 3.63) is 0 Å². The highest BCUT2D eigenvalue weighted by molar-refractivity contribution is 7.99. The summed E-state index contributed by atoms with van der Waals surface area (Å²) in [4.78, 5) is 2.57. The summed E-state index contributed by atoms with van der Waals surface area (Å²) in [6.45, 7) is 4.91. The zero-order chi connectivity index (χ0) is 10.5. The number of hydrogen-bond donors (Lipinski definition) is 1. The van der Waals surface area contributed by atoms with Crippen molar-refractivity contribution in [3.63, 3.8) is 0 Å². The Kier molecular flexibility index (Phi) is 4.75. The van der Waals surface area contributed by atoms with Crippen LogP contribution in [0.2, 0.25) is 0 Å². The SMILES string of the molecule is COC1CC(NCCN2CCSCC2)C1. The van der Waals surface area contributed by atoms with E-state index in [4.69, 9.17) is 4.74 Å². The van der Waals surface area contributed by atoms with Gasteiger partial charge in [0.2, 0.25) is 0 Å². The van der Waals surface area contributed by atoms with Crippen molar-refractivity contribution < 1.29 is 4.74 Å². The summed E-state index contributed by atoms with van der Waals surface area (Å²) in [5.74, 6) is 2.63. The molecular formula is C11H22N2OS. The molecule has 2 rings (SSSR count). The van der Waals surface area contributed by atoms with Crippen molar-refractivity contribution in [1.29, 1.82) is 0 Å². The monoisotopic (exact) mass is 230 g/mol. The molecule has 0 aromatic heterocycles. The van der Waals surface area contributed by atoms with Crippen LogP contribution in [0, 0.1) is 0 Å². The second-order valence-corrected chi connectivity index (χ2v) is 5.66. The van der Waals surface area contributed by atoms with E-state index in [0.717, 1.165) is 6.54 Å². The molecule has 1 saturated carbocycles. The van der Waals surface area contributed by atoms with E-state index in [1.54, 1.807) is 0 Å². The lowest BCUT2D eigenvalue weighted by Crippen LogP contribution is -2.48. The van der Waals surface area contributed by atoms with Gasteiger partial charge in [0.05, 0.1) is 6.10 Å². The quantitative estimate of drug-likeness (QED) is 0.755. The van der Waals surface area contributed by atoms with Crippen molar-refractivity contribution in [2.24, 2.45) is 0 Å². The highest BCUT2D eigenvalue weighted by Crippen LogP contribution is 2.22. The van der Waals surface area contributed by atoms with Gasteiger partial charge in [-0.05, 0) is 12.8 Å². The fourth-order valence-corrected chi connectivity index (χ4v) is 3.16. The van der Waals surface area contributed by atoms with E-state index >= 15 is 0 Å². The van der Waals surface area contributed by atoms with Crippen LogP contribution in [-0.2, 0) is 4.74 Å². The Labute approximate surface area is 96.9 Å². The molecule has 1 N–H and O–H groups in total. The average Bonchev–Trinajstić information content (AvgIpc) is 2.23. The van der Waals surface area contributed by atoms with E-state index < -0.39 is 0 Å². The molecule has 0 amide bonds. The topological polar surface area (TPSA) is 24.5 Å². The number of ether oxygens (including phenoxy) is 1. The van der Waals surface area contributed by atoms with Gasteiger partial charge in [0.1, 0.15) is 0 Å². The molecule has 0 unspecified atom stereocenters. The Hall–Kier alpha value is 0.230. The van der Waals surface area contributed by atoms with Crippen LogP contribution in [0.15, 0.2) is 0 Å². The number of nitrogens with one attached hydrogen (secondary N) is 1. The Morgan fingerprint density at radius 1 is 1.33 bits per heavy atom. The van der Waals surface area contributed by atoms with Crippen molar-refractivity contribution in [2.75, 3.05) is 44.8 Å². The van der Waals surface area contributed by atoms with Gasteiger partial charge in [-0.2, -0.15) is 11.8 Å². The Bertz CT molecular complexity index is 179. The number of hydrogen-bond acceptors (Lipinski definition) is 4. The van der Waals surface area contributed by atoms with Crippen molar-refractivity contribution in [3.8, 4) is 0 Å². The molecule has 3 nitrogen and oxygen atoms in total. The van der Waals surface area contributed by atoms with E-state index in [0.29, 0.717) is 12.1 Å². The first kappa shape index (κ1) is 11.7. The minimum atomic E-state index is 0.522. The molecule has 0 spiro atoms. The standard InChI is InChI=1S/C11H22N2OS/c1-14-11-8-10(9-11)12-2-3-13-4-6-15-7-5-13/h10-12H,2-9H2,1H3. The van der Waals surface area contributed by atoms with Crippen LogP contribution in [0.3, 0.4) is 0 Å². The fraction of sp³-hybridized carbons (Fsp3) is 1.00. The van der Waals surface area contributed by atoms with Crippen LogP contribution >= 0.6 is 11.8 Å². The highest BCUT2D eigenvalue weighted by atomic mass is 32.2. The molecule has 15 heavy (non-hydrogen) atoms. The van der Waals surface area contributed by atoms with E-state index in [9.17, 15) is 0 Å². The van der Waals surface area contributed by atoms with Gasteiger partial charge < -0.3 is 15.0 Å². The predicted octanol–water partition coefficient (Wildman–Crippen LogP) is 0.802. The van der Waals surface area contributed by atoms with E-state index in [-0.39, 0.29) is 0 Å². The lowest BCUT2D eigenvalue weighted by atomic mass is 9.89. The number of methoxy groups -OCH3 is 1. The summed E-state index contributed by atoms with van der Waals surface area (Å²) in [5, 5.41) is 3.60. The maximum atomic E-state index is 5.26. The van der Waals surface area contributed by atoms with Crippen molar-refractivity contribution in [2.45, 2.75) is 25.0 Å². The second-order valence-electron chi connectivity index (χ2n) is 4.43. The molecule has 1 saturated heterocycles. The van der Waals surface area contributed by atoms with Crippen molar-refractivity contribution >= 4 is 11.8 Å². The van der Waals surface area contributed by atoms with Crippen LogP contribution in [0.5, 0.6) is 0 Å². The fourth-order valence-electron chi connectivity index (χ4n) is 2.18. The van der Waals surface area contributed by atoms with Crippen LogP contribution < -0.4 is 5.32 Å². The molecule has 0 atom stereocenters. The first-order chi connectivity index (χ1) is 7.38. The minimum Gasteiger partial charge on any atom is -0.381 e. The summed E-state index contributed by atoms with van der Waals surface area (Å²) < 4.78 is 5.26. The first-order valence-electron chi connectivity index (χ1n) is 5.95. The number of thioether (sulfide) groups is 1. The predicted molar refractivity (Wildman–Crippen MR) is 65.6 cm³/mol. The van der Waals surface area contributed by atoms with Gasteiger partial charge in [0.15, 0.2) is 0 Å². The van der Waals surface area contributed by atoms with Crippen LogP contribution in [-0.4, -0.2) is 61.8 Å². The molecule has 2 aliphatic rings. The van der Waals surface area contributed by atoms with Crippen LogP contribution in [0.25, 0.3) is 0 Å². The third kappa shape index (κ3) is 3.63. The molecule has 0 bridgehead atoms. The maximum absolute atomic E-state index is 5.26. The second kappa shape index (κ2) is 6.09. The molecule has 1 aliphatic carbocycles. The smallest absolute Gasteiger partial charge is 0.0601 e. The van der Waals surface area contributed by atoms with E-state index in [2.05, 4.69) is 22.0 Å². The van der Waals surface area contributed by atoms with Gasteiger partial charge in [0, 0.05) is 50.8 Å². The molecule has 1 aliphatic heterocycles. The van der Waals surface area contributed by atoms with Crippen LogP contribution in [0.1, 0.15) is 12.8 Å². The van der Waals surface area contributed by atoms with Gasteiger partial charge in [-0.25, -0.2) is 0 Å². The number of rotatable bonds is 5. The summed E-state index contributed by atoms with van der Waals surface area (Å²) in [5.41, 5.74) is 0. The lowest BCUT2D eigenvalue weighted by Gasteiger charge is -2.35. The average molecular weight is 230 g/mol. The molecular weight excluding hydrogens is 208 g/mol. The first-order valence-corrected chi connectivity index (χ1v) is 7.10. The summed E-state index contributed by atoms with van der Waals surface area (Å²) in [7, 11) is 1.81. The molecule has 4 heteroatoms. The largest absolute Gasteiger partial charge is 0.381 e. The maximum Gasteiger partial charge on any atom is 0.0601 e. The van der Waals surface area contributed by atoms with E-state index in [1.807, 2.05) is 7.11 Å². The highest BCUT2D eigenvalue weighted by Gasteiger charge is 2.28. The molecule has 2 fully saturated rings. The van der Waals surface area contributed by atoms with Gasteiger partial charge in [-0.15, -0.1) is 0 Å². The summed E-state index contributed by atoms with van der Waals surface area (Å²) in [6.07, 6.45) is 2.92. The Balaban J connectivity index is 1.48. The van der Waals surface area contributed by atoms with Crippen molar-refractivity contribution in [1.82, 2.24) is 10.2 Å². The van der Waals surface area contributed by atoms with E-state index in [1.165, 1.54) is 44.0 Å². The normalized spacial score (nSPS) is 32.6. The third-order valence-corrected chi connectivity index (χ3v) is 4.34. The molecule has 0 aromatic carbocycles. The van der Waals surface area contributed by atoms with Gasteiger partial charge in [-0.3, -0.25) is 0 Å². The Morgan fingerprint density at radius 3 is 2.73 bits per heavy atom. The lowest BCUT2D eigenvalue weighted by molar-refractivity contribution is 0.0170. The van der Waals surface area contributed by atoms with Gasteiger partial charge >= 0.3 is 0 Å². The summed E-state index contributed by atoms with van der Waals surface area (Å²) >= 11 is 2.08. The van der Waals surface area contributed by atoms with Crippen LogP contribution in [0.4, 0.5) is 0 Å². The van der Waals surface area contributed by atoms with Gasteiger partial charge in [0.25, 0.3) is 0 Å². The minimum absolute atomic E-state index is 0.522. The molecule has 1 heterocycles.